The SMILES string of the molecule is CSc1nc(N2CCOCC2)ncc1CN. The number of rotatable bonds is 3. The molecule has 0 atom stereocenters. The lowest BCUT2D eigenvalue weighted by molar-refractivity contribution is 0.122. The molecule has 2 rings (SSSR count). The minimum atomic E-state index is 0.486. The van der Waals surface area contributed by atoms with Gasteiger partial charge in [0.2, 0.25) is 5.95 Å². The Morgan fingerprint density at radius 1 is 1.50 bits per heavy atom. The van der Waals surface area contributed by atoms with E-state index < -0.39 is 0 Å². The molecule has 0 spiro atoms. The van der Waals surface area contributed by atoms with Crippen molar-refractivity contribution in [1.82, 2.24) is 9.97 Å². The van der Waals surface area contributed by atoms with E-state index in [1.54, 1.807) is 11.8 Å². The molecule has 1 saturated heterocycles. The number of nitrogens with two attached hydrogens (primary N) is 1. The fourth-order valence-corrected chi connectivity index (χ4v) is 2.19. The molecule has 0 aliphatic carbocycles. The fraction of sp³-hybridized carbons (Fsp3) is 0.600. The summed E-state index contributed by atoms with van der Waals surface area (Å²) in [6, 6.07) is 0. The number of aromatic nitrogens is 2. The van der Waals surface area contributed by atoms with Crippen LogP contribution in [0.3, 0.4) is 0 Å². The van der Waals surface area contributed by atoms with Crippen molar-refractivity contribution in [3.63, 3.8) is 0 Å². The minimum Gasteiger partial charge on any atom is -0.378 e. The normalized spacial score (nSPS) is 16.5. The Morgan fingerprint density at radius 2 is 2.25 bits per heavy atom. The third kappa shape index (κ3) is 2.45. The van der Waals surface area contributed by atoms with Gasteiger partial charge in [0.25, 0.3) is 0 Å². The molecule has 1 fully saturated rings. The Balaban J connectivity index is 2.20. The highest BCUT2D eigenvalue weighted by atomic mass is 32.2. The largest absolute Gasteiger partial charge is 0.378 e. The van der Waals surface area contributed by atoms with Crippen LogP contribution in [0.4, 0.5) is 5.95 Å². The van der Waals surface area contributed by atoms with Gasteiger partial charge in [0.15, 0.2) is 0 Å². The molecule has 0 unspecified atom stereocenters. The lowest BCUT2D eigenvalue weighted by Crippen LogP contribution is -2.37. The minimum absolute atomic E-state index is 0.486. The molecule has 1 aliphatic heterocycles. The summed E-state index contributed by atoms with van der Waals surface area (Å²) in [7, 11) is 0. The van der Waals surface area contributed by atoms with Crippen molar-refractivity contribution in [2.75, 3.05) is 37.5 Å². The Hall–Kier alpha value is -0.850. The van der Waals surface area contributed by atoms with Gasteiger partial charge < -0.3 is 15.4 Å². The quantitative estimate of drug-likeness (QED) is 0.613. The van der Waals surface area contributed by atoms with E-state index in [-0.39, 0.29) is 0 Å². The number of hydrogen-bond donors (Lipinski definition) is 1. The highest BCUT2D eigenvalue weighted by Crippen LogP contribution is 2.20. The topological polar surface area (TPSA) is 64.3 Å². The molecule has 1 aromatic rings. The molecule has 16 heavy (non-hydrogen) atoms. The van der Waals surface area contributed by atoms with E-state index in [1.165, 1.54) is 0 Å². The van der Waals surface area contributed by atoms with E-state index >= 15 is 0 Å². The van der Waals surface area contributed by atoms with Gasteiger partial charge in [-0.25, -0.2) is 9.97 Å². The van der Waals surface area contributed by atoms with Crippen molar-refractivity contribution in [3.8, 4) is 0 Å². The molecule has 1 aromatic heterocycles. The summed E-state index contributed by atoms with van der Waals surface area (Å²) in [5, 5.41) is 0.971. The summed E-state index contributed by atoms with van der Waals surface area (Å²) in [6.45, 7) is 3.69. The van der Waals surface area contributed by atoms with Crippen LogP contribution in [0.2, 0.25) is 0 Å². The first-order chi connectivity index (χ1) is 7.85. The molecule has 6 heteroatoms. The van der Waals surface area contributed by atoms with Gasteiger partial charge in [-0.3, -0.25) is 0 Å². The maximum absolute atomic E-state index is 5.63. The number of nitrogens with zero attached hydrogens (tertiary/aromatic N) is 3. The lowest BCUT2D eigenvalue weighted by atomic mass is 10.3. The predicted molar refractivity (Wildman–Crippen MR) is 64.7 cm³/mol. The Bertz CT molecular complexity index is 355. The van der Waals surface area contributed by atoms with Crippen LogP contribution in [0.25, 0.3) is 0 Å². The van der Waals surface area contributed by atoms with Gasteiger partial charge in [0.05, 0.1) is 13.2 Å². The van der Waals surface area contributed by atoms with E-state index in [9.17, 15) is 0 Å². The fourth-order valence-electron chi connectivity index (χ4n) is 1.61. The van der Waals surface area contributed by atoms with E-state index in [4.69, 9.17) is 10.5 Å². The first-order valence-corrected chi connectivity index (χ1v) is 6.50. The van der Waals surface area contributed by atoms with Crippen molar-refractivity contribution in [2.24, 2.45) is 5.73 Å². The Kier molecular flexibility index (Phi) is 3.98. The summed E-state index contributed by atoms with van der Waals surface area (Å²) in [4.78, 5) is 11.0. The van der Waals surface area contributed by atoms with Crippen LogP contribution in [0.15, 0.2) is 11.2 Å². The molecule has 0 amide bonds. The van der Waals surface area contributed by atoms with Crippen molar-refractivity contribution < 1.29 is 4.74 Å². The molecule has 88 valence electrons. The zero-order chi connectivity index (χ0) is 11.4. The van der Waals surface area contributed by atoms with Crippen molar-refractivity contribution in [1.29, 1.82) is 0 Å². The van der Waals surface area contributed by atoms with Crippen LogP contribution in [-0.4, -0.2) is 42.5 Å². The average molecular weight is 240 g/mol. The third-order valence-electron chi connectivity index (χ3n) is 2.52. The van der Waals surface area contributed by atoms with Gasteiger partial charge in [0, 0.05) is 31.4 Å². The maximum atomic E-state index is 5.63. The molecular weight excluding hydrogens is 224 g/mol. The lowest BCUT2D eigenvalue weighted by Gasteiger charge is -2.27. The van der Waals surface area contributed by atoms with Gasteiger partial charge in [-0.2, -0.15) is 0 Å². The van der Waals surface area contributed by atoms with E-state index in [0.29, 0.717) is 6.54 Å². The monoisotopic (exact) mass is 240 g/mol. The predicted octanol–water partition coefficient (Wildman–Crippen LogP) is 0.494. The Labute approximate surface area is 99.4 Å². The molecule has 5 nitrogen and oxygen atoms in total. The molecule has 0 saturated carbocycles. The van der Waals surface area contributed by atoms with E-state index in [1.807, 2.05) is 12.5 Å². The molecule has 0 aromatic carbocycles. The van der Waals surface area contributed by atoms with Crippen LogP contribution in [0.1, 0.15) is 5.56 Å². The number of thioether (sulfide) groups is 1. The molecule has 2 N–H and O–H groups in total. The van der Waals surface area contributed by atoms with Crippen molar-refractivity contribution in [3.05, 3.63) is 11.8 Å². The number of ether oxygens (including phenoxy) is 1. The second-order valence-electron chi connectivity index (χ2n) is 3.51. The first kappa shape index (κ1) is 11.6. The maximum Gasteiger partial charge on any atom is 0.226 e. The Morgan fingerprint density at radius 3 is 2.88 bits per heavy atom. The highest BCUT2D eigenvalue weighted by molar-refractivity contribution is 7.98. The number of anilines is 1. The van der Waals surface area contributed by atoms with Crippen molar-refractivity contribution >= 4 is 17.7 Å². The zero-order valence-corrected chi connectivity index (χ0v) is 10.2. The summed E-state index contributed by atoms with van der Waals surface area (Å²) < 4.78 is 5.30. The zero-order valence-electron chi connectivity index (χ0n) is 9.35. The summed E-state index contributed by atoms with van der Waals surface area (Å²) >= 11 is 1.61. The number of morpholine rings is 1. The van der Waals surface area contributed by atoms with Crippen LogP contribution in [0.5, 0.6) is 0 Å². The van der Waals surface area contributed by atoms with Crippen LogP contribution < -0.4 is 10.6 Å². The summed E-state index contributed by atoms with van der Waals surface area (Å²) in [5.74, 6) is 0.782. The van der Waals surface area contributed by atoms with Gasteiger partial charge in [-0.1, -0.05) is 0 Å². The van der Waals surface area contributed by atoms with Gasteiger partial charge in [-0.05, 0) is 6.26 Å². The molecular formula is C10H16N4OS. The molecule has 0 radical (unpaired) electrons. The second-order valence-corrected chi connectivity index (χ2v) is 4.30. The molecule has 2 heterocycles. The van der Waals surface area contributed by atoms with Crippen molar-refractivity contribution in [2.45, 2.75) is 11.6 Å². The van der Waals surface area contributed by atoms with Crippen LogP contribution in [-0.2, 0) is 11.3 Å². The van der Waals surface area contributed by atoms with Gasteiger partial charge in [-0.15, -0.1) is 11.8 Å². The highest BCUT2D eigenvalue weighted by Gasteiger charge is 2.15. The van der Waals surface area contributed by atoms with Gasteiger partial charge >= 0.3 is 0 Å². The smallest absolute Gasteiger partial charge is 0.226 e. The van der Waals surface area contributed by atoms with E-state index in [2.05, 4.69) is 14.9 Å². The summed E-state index contributed by atoms with van der Waals surface area (Å²) in [6.07, 6.45) is 3.83. The third-order valence-corrected chi connectivity index (χ3v) is 3.26. The first-order valence-electron chi connectivity index (χ1n) is 5.28. The number of hydrogen-bond acceptors (Lipinski definition) is 6. The van der Waals surface area contributed by atoms with Gasteiger partial charge in [0.1, 0.15) is 5.03 Å². The average Bonchev–Trinajstić information content (AvgIpc) is 2.39. The van der Waals surface area contributed by atoms with Crippen LogP contribution >= 0.6 is 11.8 Å². The molecule has 1 aliphatic rings. The van der Waals surface area contributed by atoms with Crippen LogP contribution in [0, 0.1) is 0 Å². The summed E-state index contributed by atoms with van der Waals surface area (Å²) in [5.41, 5.74) is 6.63. The van der Waals surface area contributed by atoms with E-state index in [0.717, 1.165) is 42.8 Å². The molecule has 0 bridgehead atoms. The standard InChI is InChI=1S/C10H16N4OS/c1-16-9-8(6-11)7-12-10(13-9)14-2-4-15-5-3-14/h7H,2-6,11H2,1H3. The second kappa shape index (κ2) is 5.47.